The molecular formula is C14H36NO2PSi2. The van der Waals surface area contributed by atoms with Gasteiger partial charge in [-0.25, -0.2) is 0 Å². The topological polar surface area (TPSA) is 21.7 Å². The van der Waals surface area contributed by atoms with Crippen molar-refractivity contribution in [1.82, 2.24) is 4.90 Å². The summed E-state index contributed by atoms with van der Waals surface area (Å²) in [6.45, 7) is 22.5. The largest absolute Gasteiger partial charge is 0.375 e. The molecule has 0 spiro atoms. The van der Waals surface area contributed by atoms with Gasteiger partial charge in [0.05, 0.1) is 5.78 Å². The van der Waals surface area contributed by atoms with E-state index in [0.29, 0.717) is 5.78 Å². The number of hydrogen-bond donors (Lipinski definition) is 0. The smallest absolute Gasteiger partial charge is 0.191 e. The van der Waals surface area contributed by atoms with E-state index in [1.807, 2.05) is 0 Å². The standard InChI is InChI=1S/C14H36NO2PSi2/c1-10-13-14(15(11-2)12-3)18(16-19(4,5)6)17-20(7,8)9/h14H,10-13H2,1-9H3. The van der Waals surface area contributed by atoms with Crippen molar-refractivity contribution in [3.05, 3.63) is 0 Å². The summed E-state index contributed by atoms with van der Waals surface area (Å²) in [6, 6.07) is 0. The zero-order valence-corrected chi connectivity index (χ0v) is 18.0. The van der Waals surface area contributed by atoms with E-state index < -0.39 is 25.0 Å². The second-order valence-corrected chi connectivity index (χ2v) is 18.3. The Morgan fingerprint density at radius 1 is 0.850 bits per heavy atom. The summed E-state index contributed by atoms with van der Waals surface area (Å²) >= 11 is 0. The zero-order chi connectivity index (χ0) is 16.0. The van der Waals surface area contributed by atoms with Crippen LogP contribution in [0.15, 0.2) is 0 Å². The third-order valence-electron chi connectivity index (χ3n) is 2.75. The Morgan fingerprint density at radius 3 is 1.50 bits per heavy atom. The Kier molecular flexibility index (Phi) is 9.35. The van der Waals surface area contributed by atoms with Gasteiger partial charge in [-0.1, -0.05) is 27.2 Å². The van der Waals surface area contributed by atoms with Gasteiger partial charge in [0.25, 0.3) is 0 Å². The van der Waals surface area contributed by atoms with Crippen LogP contribution in [0.25, 0.3) is 0 Å². The Bertz CT molecular complexity index is 247. The maximum atomic E-state index is 6.49. The van der Waals surface area contributed by atoms with Crippen LogP contribution < -0.4 is 0 Å². The lowest BCUT2D eigenvalue weighted by atomic mass is 10.3. The third-order valence-corrected chi connectivity index (χ3v) is 9.64. The van der Waals surface area contributed by atoms with Gasteiger partial charge in [0, 0.05) is 0 Å². The lowest BCUT2D eigenvalue weighted by Gasteiger charge is -2.40. The first-order valence-electron chi connectivity index (χ1n) is 7.95. The van der Waals surface area contributed by atoms with Crippen LogP contribution in [0.3, 0.4) is 0 Å². The molecule has 0 saturated heterocycles. The molecule has 3 nitrogen and oxygen atoms in total. The van der Waals surface area contributed by atoms with Gasteiger partial charge in [-0.05, 0) is 58.8 Å². The molecule has 0 saturated carbocycles. The van der Waals surface area contributed by atoms with Crippen LogP contribution in [0.1, 0.15) is 33.6 Å². The van der Waals surface area contributed by atoms with E-state index in [0.717, 1.165) is 13.1 Å². The minimum absolute atomic E-state index is 0.448. The lowest BCUT2D eigenvalue weighted by molar-refractivity contribution is 0.247. The second kappa shape index (κ2) is 9.01. The Labute approximate surface area is 130 Å². The molecule has 0 aromatic heterocycles. The van der Waals surface area contributed by atoms with E-state index in [1.54, 1.807) is 0 Å². The Balaban J connectivity index is 5.17. The summed E-state index contributed by atoms with van der Waals surface area (Å²) in [5, 5.41) is 0. The van der Waals surface area contributed by atoms with Crippen molar-refractivity contribution in [2.75, 3.05) is 13.1 Å². The van der Waals surface area contributed by atoms with Crippen LogP contribution >= 0.6 is 8.38 Å². The lowest BCUT2D eigenvalue weighted by Crippen LogP contribution is -2.39. The normalized spacial score (nSPS) is 15.2. The molecule has 0 N–H and O–H groups in total. The highest BCUT2D eigenvalue weighted by Gasteiger charge is 2.35. The quantitative estimate of drug-likeness (QED) is 0.390. The van der Waals surface area contributed by atoms with Crippen molar-refractivity contribution in [3.63, 3.8) is 0 Å². The van der Waals surface area contributed by atoms with Crippen molar-refractivity contribution in [1.29, 1.82) is 0 Å². The highest BCUT2D eigenvalue weighted by atomic mass is 31.2. The fourth-order valence-electron chi connectivity index (χ4n) is 2.00. The van der Waals surface area contributed by atoms with Gasteiger partial charge in [0.1, 0.15) is 0 Å². The molecule has 0 heterocycles. The molecular weight excluding hydrogens is 301 g/mol. The molecule has 0 bridgehead atoms. The molecule has 0 aliphatic carbocycles. The van der Waals surface area contributed by atoms with E-state index in [4.69, 9.17) is 8.43 Å². The molecule has 0 aliphatic rings. The molecule has 6 heteroatoms. The van der Waals surface area contributed by atoms with Crippen LogP contribution in [-0.2, 0) is 8.43 Å². The summed E-state index contributed by atoms with van der Waals surface area (Å²) in [6.07, 6.45) is 2.35. The predicted molar refractivity (Wildman–Crippen MR) is 97.4 cm³/mol. The predicted octanol–water partition coefficient (Wildman–Crippen LogP) is 5.47. The summed E-state index contributed by atoms with van der Waals surface area (Å²) in [7, 11) is -3.98. The van der Waals surface area contributed by atoms with Crippen molar-refractivity contribution < 1.29 is 8.43 Å². The molecule has 0 aliphatic heterocycles. The minimum Gasteiger partial charge on any atom is -0.375 e. The molecule has 0 radical (unpaired) electrons. The van der Waals surface area contributed by atoms with Crippen molar-refractivity contribution in [3.8, 4) is 0 Å². The van der Waals surface area contributed by atoms with Gasteiger partial charge >= 0.3 is 0 Å². The monoisotopic (exact) mass is 337 g/mol. The molecule has 0 rings (SSSR count). The highest BCUT2D eigenvalue weighted by molar-refractivity contribution is 7.51. The fraction of sp³-hybridized carbons (Fsp3) is 1.00. The summed E-state index contributed by atoms with van der Waals surface area (Å²) in [5.74, 6) is 0.448. The minimum atomic E-state index is -1.58. The highest BCUT2D eigenvalue weighted by Crippen LogP contribution is 2.51. The average Bonchev–Trinajstić information content (AvgIpc) is 2.24. The van der Waals surface area contributed by atoms with Gasteiger partial charge in [0.2, 0.25) is 0 Å². The fourth-order valence-corrected chi connectivity index (χ4v) is 8.84. The van der Waals surface area contributed by atoms with E-state index in [9.17, 15) is 0 Å². The molecule has 0 aromatic carbocycles. The number of hydrogen-bond acceptors (Lipinski definition) is 3. The molecule has 0 aromatic rings. The van der Waals surface area contributed by atoms with Gasteiger partial charge in [-0.15, -0.1) is 0 Å². The SMILES string of the molecule is CCCC(N(CC)CC)P(O[Si](C)(C)C)O[Si](C)(C)C. The first-order valence-corrected chi connectivity index (χ1v) is 16.0. The maximum absolute atomic E-state index is 6.49. The van der Waals surface area contributed by atoms with E-state index in [-0.39, 0.29) is 0 Å². The molecule has 0 fully saturated rings. The third kappa shape index (κ3) is 8.90. The molecule has 1 unspecified atom stereocenters. The van der Waals surface area contributed by atoms with Crippen LogP contribution in [0.5, 0.6) is 0 Å². The summed E-state index contributed by atoms with van der Waals surface area (Å²) in [4.78, 5) is 2.52. The summed E-state index contributed by atoms with van der Waals surface area (Å²) < 4.78 is 13.0. The van der Waals surface area contributed by atoms with E-state index in [2.05, 4.69) is 65.0 Å². The van der Waals surface area contributed by atoms with Crippen molar-refractivity contribution in [2.24, 2.45) is 0 Å². The van der Waals surface area contributed by atoms with Crippen molar-refractivity contribution in [2.45, 2.75) is 78.7 Å². The summed E-state index contributed by atoms with van der Waals surface area (Å²) in [5.41, 5.74) is 0. The Hall–Kier alpha value is 0.744. The molecule has 20 heavy (non-hydrogen) atoms. The van der Waals surface area contributed by atoms with Crippen LogP contribution in [0.2, 0.25) is 39.3 Å². The van der Waals surface area contributed by atoms with E-state index in [1.165, 1.54) is 12.8 Å². The maximum Gasteiger partial charge on any atom is 0.191 e. The second-order valence-electron chi connectivity index (χ2n) is 7.18. The van der Waals surface area contributed by atoms with Crippen LogP contribution in [0.4, 0.5) is 0 Å². The zero-order valence-electron chi connectivity index (χ0n) is 15.1. The van der Waals surface area contributed by atoms with E-state index >= 15 is 0 Å². The van der Waals surface area contributed by atoms with Gasteiger partial charge < -0.3 is 8.43 Å². The van der Waals surface area contributed by atoms with Gasteiger partial charge in [-0.3, -0.25) is 4.90 Å². The first kappa shape index (κ1) is 20.7. The number of rotatable bonds is 10. The molecule has 122 valence electrons. The van der Waals surface area contributed by atoms with Crippen LogP contribution in [0, 0.1) is 0 Å². The van der Waals surface area contributed by atoms with Crippen molar-refractivity contribution >= 4 is 25.0 Å². The first-order chi connectivity index (χ1) is 9.04. The Morgan fingerprint density at radius 2 is 1.25 bits per heavy atom. The average molecular weight is 338 g/mol. The van der Waals surface area contributed by atoms with Gasteiger partial charge in [-0.2, -0.15) is 0 Å². The van der Waals surface area contributed by atoms with Crippen LogP contribution in [-0.4, -0.2) is 40.4 Å². The molecule has 0 amide bonds. The molecule has 1 atom stereocenters. The number of nitrogens with zero attached hydrogens (tertiary/aromatic N) is 1. The van der Waals surface area contributed by atoms with Gasteiger partial charge in [0.15, 0.2) is 25.0 Å².